The minimum atomic E-state index is -0.294. The molecule has 0 unspecified atom stereocenters. The Bertz CT molecular complexity index is 661. The number of anilines is 2. The van der Waals surface area contributed by atoms with Gasteiger partial charge in [-0.25, -0.2) is 4.90 Å². The van der Waals surface area contributed by atoms with E-state index < -0.39 is 0 Å². The third-order valence-electron chi connectivity index (χ3n) is 5.93. The lowest BCUT2D eigenvalue weighted by Crippen LogP contribution is -2.51. The summed E-state index contributed by atoms with van der Waals surface area (Å²) in [5.41, 5.74) is 1.89. The fraction of sp³-hybridized carbons (Fsp3) is 0.600. The largest absolute Gasteiger partial charge is 0.372 e. The van der Waals surface area contributed by atoms with Crippen molar-refractivity contribution < 1.29 is 9.59 Å². The number of piperazine rings is 1. The van der Waals surface area contributed by atoms with Crippen molar-refractivity contribution in [3.63, 3.8) is 0 Å². The quantitative estimate of drug-likeness (QED) is 0.769. The predicted molar refractivity (Wildman–Crippen MR) is 102 cm³/mol. The zero-order valence-corrected chi connectivity index (χ0v) is 15.6. The maximum absolute atomic E-state index is 12.9. The summed E-state index contributed by atoms with van der Waals surface area (Å²) >= 11 is 0. The van der Waals surface area contributed by atoms with Gasteiger partial charge in [0.2, 0.25) is 5.91 Å². The highest BCUT2D eigenvalue weighted by molar-refractivity contribution is 6.22. The van der Waals surface area contributed by atoms with Crippen molar-refractivity contribution in [1.29, 1.82) is 0 Å². The summed E-state index contributed by atoms with van der Waals surface area (Å²) in [6, 6.07) is 7.64. The predicted octanol–water partition coefficient (Wildman–Crippen LogP) is 1.56. The topological polar surface area (TPSA) is 47.1 Å². The maximum Gasteiger partial charge on any atom is 0.251 e. The summed E-state index contributed by atoms with van der Waals surface area (Å²) in [6.45, 7) is 5.77. The van der Waals surface area contributed by atoms with Gasteiger partial charge < -0.3 is 9.80 Å². The van der Waals surface area contributed by atoms with Crippen molar-refractivity contribution in [1.82, 2.24) is 9.80 Å². The summed E-state index contributed by atoms with van der Waals surface area (Å²) in [7, 11) is 2.09. The molecule has 0 bridgehead atoms. The molecule has 0 saturated carbocycles. The Labute approximate surface area is 155 Å². The van der Waals surface area contributed by atoms with Gasteiger partial charge in [0.15, 0.2) is 0 Å². The molecule has 3 aliphatic heterocycles. The molecule has 3 saturated heterocycles. The lowest BCUT2D eigenvalue weighted by molar-refractivity contribution is -0.123. The number of rotatable bonds is 3. The van der Waals surface area contributed by atoms with Gasteiger partial charge in [-0.3, -0.25) is 14.5 Å². The molecule has 0 aliphatic carbocycles. The van der Waals surface area contributed by atoms with Gasteiger partial charge >= 0.3 is 0 Å². The van der Waals surface area contributed by atoms with Crippen LogP contribution in [0.4, 0.5) is 11.4 Å². The molecule has 6 heteroatoms. The highest BCUT2D eigenvalue weighted by Gasteiger charge is 2.43. The summed E-state index contributed by atoms with van der Waals surface area (Å²) in [6.07, 6.45) is 4.07. The van der Waals surface area contributed by atoms with Crippen LogP contribution in [0.3, 0.4) is 0 Å². The summed E-state index contributed by atoms with van der Waals surface area (Å²) in [4.78, 5) is 33.7. The molecule has 0 spiro atoms. The van der Waals surface area contributed by atoms with E-state index in [1.165, 1.54) is 29.8 Å². The maximum atomic E-state index is 12.9. The van der Waals surface area contributed by atoms with Gasteiger partial charge in [0.05, 0.1) is 18.2 Å². The Morgan fingerprint density at radius 3 is 2.08 bits per heavy atom. The summed E-state index contributed by atoms with van der Waals surface area (Å²) < 4.78 is 0. The Morgan fingerprint density at radius 2 is 1.42 bits per heavy atom. The van der Waals surface area contributed by atoms with Crippen LogP contribution in [0, 0.1) is 0 Å². The first-order valence-corrected chi connectivity index (χ1v) is 9.78. The van der Waals surface area contributed by atoms with Crippen molar-refractivity contribution in [2.24, 2.45) is 0 Å². The molecule has 3 aliphatic rings. The van der Waals surface area contributed by atoms with E-state index in [4.69, 9.17) is 0 Å². The second-order valence-electron chi connectivity index (χ2n) is 7.69. The number of imide groups is 1. The van der Waals surface area contributed by atoms with Crippen molar-refractivity contribution in [3.8, 4) is 0 Å². The number of hydrogen-bond donors (Lipinski definition) is 0. The van der Waals surface area contributed by atoms with E-state index in [-0.39, 0.29) is 17.9 Å². The number of nitrogens with zero attached hydrogens (tertiary/aromatic N) is 4. The van der Waals surface area contributed by atoms with Crippen LogP contribution < -0.4 is 9.80 Å². The zero-order valence-electron chi connectivity index (χ0n) is 15.6. The van der Waals surface area contributed by atoms with Crippen molar-refractivity contribution >= 4 is 23.2 Å². The van der Waals surface area contributed by atoms with E-state index in [1.807, 2.05) is 24.3 Å². The summed E-state index contributed by atoms with van der Waals surface area (Å²) in [5, 5.41) is 0. The van der Waals surface area contributed by atoms with Crippen molar-refractivity contribution in [3.05, 3.63) is 24.3 Å². The number of amides is 2. The monoisotopic (exact) mass is 356 g/mol. The Kier molecular flexibility index (Phi) is 4.96. The van der Waals surface area contributed by atoms with Gasteiger partial charge in [-0.2, -0.15) is 0 Å². The summed E-state index contributed by atoms with van der Waals surface area (Å²) in [5.74, 6) is -0.144. The van der Waals surface area contributed by atoms with Gasteiger partial charge in [-0.1, -0.05) is 0 Å². The van der Waals surface area contributed by atoms with Gasteiger partial charge in [0, 0.05) is 45.0 Å². The molecule has 140 valence electrons. The third kappa shape index (κ3) is 3.35. The fourth-order valence-corrected chi connectivity index (χ4v) is 4.27. The number of hydrogen-bond acceptors (Lipinski definition) is 5. The lowest BCUT2D eigenvalue weighted by atomic mass is 10.1. The molecule has 4 rings (SSSR count). The molecule has 6 nitrogen and oxygen atoms in total. The van der Waals surface area contributed by atoms with Gasteiger partial charge in [-0.05, 0) is 50.6 Å². The van der Waals surface area contributed by atoms with Gasteiger partial charge in [0.1, 0.15) is 0 Å². The van der Waals surface area contributed by atoms with Gasteiger partial charge in [-0.15, -0.1) is 0 Å². The molecule has 3 fully saturated rings. The van der Waals surface area contributed by atoms with E-state index in [0.29, 0.717) is 12.1 Å². The van der Waals surface area contributed by atoms with Crippen LogP contribution in [0.25, 0.3) is 0 Å². The molecule has 2 amide bonds. The lowest BCUT2D eigenvalue weighted by Gasteiger charge is -2.35. The van der Waals surface area contributed by atoms with Crippen LogP contribution in [-0.4, -0.2) is 74.0 Å². The smallest absolute Gasteiger partial charge is 0.251 e. The van der Waals surface area contributed by atoms with Crippen LogP contribution >= 0.6 is 0 Å². The number of carbonyl (C=O) groups is 2. The molecule has 1 aromatic rings. The molecular formula is C20H28N4O2. The molecule has 0 aromatic heterocycles. The standard InChI is InChI=1S/C20H28N4O2/c1-21-11-13-23(14-12-21)18-15-19(25)24(20(18)26)17-7-5-16(6-8-17)22-9-3-2-4-10-22/h5-8,18H,2-4,9-15H2,1H3/t18-/m1/s1. The second-order valence-corrected chi connectivity index (χ2v) is 7.69. The first kappa shape index (κ1) is 17.5. The first-order chi connectivity index (χ1) is 12.6. The van der Waals surface area contributed by atoms with Gasteiger partial charge in [0.25, 0.3) is 5.91 Å². The number of benzene rings is 1. The number of likely N-dealkylation sites (N-methyl/N-ethyl adjacent to an activating group) is 1. The highest BCUT2D eigenvalue weighted by atomic mass is 16.2. The second kappa shape index (κ2) is 7.37. The van der Waals surface area contributed by atoms with E-state index >= 15 is 0 Å². The Hall–Kier alpha value is -1.92. The van der Waals surface area contributed by atoms with E-state index in [9.17, 15) is 9.59 Å². The Balaban J connectivity index is 1.46. The minimum Gasteiger partial charge on any atom is -0.372 e. The zero-order chi connectivity index (χ0) is 18.1. The minimum absolute atomic E-state index is 0.0646. The molecule has 26 heavy (non-hydrogen) atoms. The highest BCUT2D eigenvalue weighted by Crippen LogP contribution is 2.29. The number of carbonyl (C=O) groups excluding carboxylic acids is 2. The Morgan fingerprint density at radius 1 is 0.808 bits per heavy atom. The molecule has 1 atom stereocenters. The average molecular weight is 356 g/mol. The first-order valence-electron chi connectivity index (χ1n) is 9.78. The van der Waals surface area contributed by atoms with E-state index in [1.54, 1.807) is 0 Å². The molecular weight excluding hydrogens is 328 g/mol. The van der Waals surface area contributed by atoms with Crippen LogP contribution in [-0.2, 0) is 9.59 Å². The average Bonchev–Trinajstić information content (AvgIpc) is 2.97. The van der Waals surface area contributed by atoms with Crippen molar-refractivity contribution in [2.75, 3.05) is 56.1 Å². The molecule has 0 N–H and O–H groups in total. The van der Waals surface area contributed by atoms with Crippen LogP contribution in [0.5, 0.6) is 0 Å². The molecule has 1 aromatic carbocycles. The van der Waals surface area contributed by atoms with E-state index in [2.05, 4.69) is 21.7 Å². The van der Waals surface area contributed by atoms with E-state index in [0.717, 1.165) is 39.3 Å². The molecule has 3 heterocycles. The molecule has 0 radical (unpaired) electrons. The van der Waals surface area contributed by atoms with Crippen LogP contribution in [0.2, 0.25) is 0 Å². The van der Waals surface area contributed by atoms with Crippen LogP contribution in [0.15, 0.2) is 24.3 Å². The number of piperidine rings is 1. The fourth-order valence-electron chi connectivity index (χ4n) is 4.27. The SMILES string of the molecule is CN1CCN([C@@H]2CC(=O)N(c3ccc(N4CCCCC4)cc3)C2=O)CC1. The van der Waals surface area contributed by atoms with Crippen molar-refractivity contribution in [2.45, 2.75) is 31.7 Å². The van der Waals surface area contributed by atoms with Crippen LogP contribution in [0.1, 0.15) is 25.7 Å². The third-order valence-corrected chi connectivity index (χ3v) is 5.93. The normalized spacial score (nSPS) is 26.0.